The summed E-state index contributed by atoms with van der Waals surface area (Å²) in [5, 5.41) is 17.5. The molecule has 0 aromatic heterocycles. The Morgan fingerprint density at radius 3 is 2.53 bits per heavy atom. The number of halogens is 3. The number of benzene rings is 1. The fourth-order valence-electron chi connectivity index (χ4n) is 1.53. The summed E-state index contributed by atoms with van der Waals surface area (Å²) < 4.78 is 25.4. The molecule has 0 spiro atoms. The molecule has 90 valence electrons. The van der Waals surface area contributed by atoms with Crippen molar-refractivity contribution in [3.8, 4) is 6.07 Å². The van der Waals surface area contributed by atoms with E-state index in [9.17, 15) is 13.6 Å². The molecule has 17 heavy (non-hydrogen) atoms. The number of rotatable bonds is 4. The minimum Gasteiger partial charge on any atom is -0.481 e. The predicted molar refractivity (Wildman–Crippen MR) is 57.0 cm³/mol. The van der Waals surface area contributed by atoms with Crippen molar-refractivity contribution in [3.05, 3.63) is 34.4 Å². The maximum Gasteiger partial charge on any atom is 0.307 e. The lowest BCUT2D eigenvalue weighted by Crippen LogP contribution is -2.08. The van der Waals surface area contributed by atoms with Gasteiger partial charge in [0.15, 0.2) is 0 Å². The third-order valence-electron chi connectivity index (χ3n) is 2.28. The molecule has 3 nitrogen and oxygen atoms in total. The van der Waals surface area contributed by atoms with Gasteiger partial charge >= 0.3 is 5.97 Å². The standard InChI is InChI=1S/C11H8ClF2NO2/c12-4-9-6(5-15)1-2-7(11(13)14)8(9)3-10(16)17/h1-2,11H,3-4H2,(H,16,17). The van der Waals surface area contributed by atoms with Crippen LogP contribution in [0.3, 0.4) is 0 Å². The number of carboxylic acid groups (broad SMARTS) is 1. The van der Waals surface area contributed by atoms with Gasteiger partial charge in [0.05, 0.1) is 18.1 Å². The summed E-state index contributed by atoms with van der Waals surface area (Å²) in [5.74, 6) is -1.42. The second kappa shape index (κ2) is 5.60. The normalized spacial score (nSPS) is 10.3. The molecule has 1 N–H and O–H groups in total. The monoisotopic (exact) mass is 259 g/mol. The van der Waals surface area contributed by atoms with Crippen LogP contribution in [0.4, 0.5) is 8.78 Å². The van der Waals surface area contributed by atoms with Crippen LogP contribution in [0.15, 0.2) is 12.1 Å². The van der Waals surface area contributed by atoms with Gasteiger partial charge in [0.1, 0.15) is 0 Å². The van der Waals surface area contributed by atoms with Gasteiger partial charge in [-0.1, -0.05) is 6.07 Å². The molecule has 1 aromatic carbocycles. The first-order valence-corrected chi connectivity index (χ1v) is 5.15. The zero-order valence-electron chi connectivity index (χ0n) is 8.58. The summed E-state index contributed by atoms with van der Waals surface area (Å²) in [6, 6.07) is 4.10. The second-order valence-electron chi connectivity index (χ2n) is 3.28. The lowest BCUT2D eigenvalue weighted by Gasteiger charge is -2.12. The maximum absolute atomic E-state index is 12.7. The van der Waals surface area contributed by atoms with Gasteiger partial charge in [-0.05, 0) is 17.2 Å². The number of hydrogen-bond donors (Lipinski definition) is 1. The summed E-state index contributed by atoms with van der Waals surface area (Å²) in [5.41, 5.74) is -0.168. The Hall–Kier alpha value is -1.67. The number of carboxylic acids is 1. The third kappa shape index (κ3) is 2.92. The molecule has 0 aliphatic carbocycles. The SMILES string of the molecule is N#Cc1ccc(C(F)F)c(CC(=O)O)c1CCl. The number of alkyl halides is 3. The van der Waals surface area contributed by atoms with E-state index in [0.29, 0.717) is 0 Å². The van der Waals surface area contributed by atoms with E-state index in [4.69, 9.17) is 22.0 Å². The Morgan fingerprint density at radius 1 is 1.47 bits per heavy atom. The zero-order chi connectivity index (χ0) is 13.0. The molecule has 0 aliphatic heterocycles. The van der Waals surface area contributed by atoms with E-state index in [1.165, 1.54) is 6.07 Å². The summed E-state index contributed by atoms with van der Waals surface area (Å²) in [6.07, 6.45) is -3.36. The van der Waals surface area contributed by atoms with Gasteiger partial charge in [-0.15, -0.1) is 11.6 Å². The summed E-state index contributed by atoms with van der Waals surface area (Å²) >= 11 is 5.59. The molecule has 0 saturated carbocycles. The van der Waals surface area contributed by atoms with Gasteiger partial charge in [-0.25, -0.2) is 8.78 Å². The van der Waals surface area contributed by atoms with Crippen molar-refractivity contribution in [1.29, 1.82) is 5.26 Å². The minimum atomic E-state index is -2.79. The molecule has 0 fully saturated rings. The van der Waals surface area contributed by atoms with Crippen LogP contribution < -0.4 is 0 Å². The van der Waals surface area contributed by atoms with Crippen LogP contribution in [0.5, 0.6) is 0 Å². The lowest BCUT2D eigenvalue weighted by molar-refractivity contribution is -0.136. The summed E-state index contributed by atoms with van der Waals surface area (Å²) in [6.45, 7) is 0. The Kier molecular flexibility index (Phi) is 4.41. The van der Waals surface area contributed by atoms with Gasteiger partial charge in [0, 0.05) is 11.4 Å². The molecule has 6 heteroatoms. The van der Waals surface area contributed by atoms with Gasteiger partial charge < -0.3 is 5.11 Å². The fourth-order valence-corrected chi connectivity index (χ4v) is 1.84. The average molecular weight is 260 g/mol. The van der Waals surface area contributed by atoms with Gasteiger partial charge in [0.2, 0.25) is 0 Å². The molecule has 0 heterocycles. The van der Waals surface area contributed by atoms with Crippen LogP contribution in [-0.2, 0) is 17.1 Å². The molecule has 0 radical (unpaired) electrons. The Balaban J connectivity index is 3.45. The van der Waals surface area contributed by atoms with Crippen molar-refractivity contribution in [3.63, 3.8) is 0 Å². The highest BCUT2D eigenvalue weighted by molar-refractivity contribution is 6.17. The molecular weight excluding hydrogens is 252 g/mol. The Bertz CT molecular complexity index is 483. The lowest BCUT2D eigenvalue weighted by atomic mass is 9.95. The van der Waals surface area contributed by atoms with Gasteiger partial charge in [-0.3, -0.25) is 4.79 Å². The number of hydrogen-bond acceptors (Lipinski definition) is 2. The Morgan fingerprint density at radius 2 is 2.12 bits per heavy atom. The van der Waals surface area contributed by atoms with Gasteiger partial charge in [0.25, 0.3) is 6.43 Å². The number of carbonyl (C=O) groups is 1. The first-order chi connectivity index (χ1) is 8.01. The van der Waals surface area contributed by atoms with E-state index in [2.05, 4.69) is 0 Å². The molecule has 1 aromatic rings. The van der Waals surface area contributed by atoms with E-state index in [0.717, 1.165) is 6.07 Å². The molecule has 0 bridgehead atoms. The molecule has 0 amide bonds. The van der Waals surface area contributed by atoms with Crippen LogP contribution in [0, 0.1) is 11.3 Å². The van der Waals surface area contributed by atoms with Crippen molar-refractivity contribution < 1.29 is 18.7 Å². The molecule has 0 aliphatic rings. The van der Waals surface area contributed by atoms with Crippen LogP contribution in [0.25, 0.3) is 0 Å². The first-order valence-electron chi connectivity index (χ1n) is 4.62. The van der Waals surface area contributed by atoms with E-state index >= 15 is 0 Å². The molecule has 1 rings (SSSR count). The van der Waals surface area contributed by atoms with Crippen molar-refractivity contribution in [2.45, 2.75) is 18.7 Å². The van der Waals surface area contributed by atoms with Crippen molar-refractivity contribution in [1.82, 2.24) is 0 Å². The topological polar surface area (TPSA) is 61.1 Å². The van der Waals surface area contributed by atoms with E-state index in [1.807, 2.05) is 0 Å². The van der Waals surface area contributed by atoms with Crippen molar-refractivity contribution >= 4 is 17.6 Å². The number of nitrogens with zero attached hydrogens (tertiary/aromatic N) is 1. The molecule has 0 atom stereocenters. The fraction of sp³-hybridized carbons (Fsp3) is 0.273. The van der Waals surface area contributed by atoms with E-state index < -0.39 is 18.8 Å². The summed E-state index contributed by atoms with van der Waals surface area (Å²) in [7, 11) is 0. The highest BCUT2D eigenvalue weighted by atomic mass is 35.5. The summed E-state index contributed by atoms with van der Waals surface area (Å²) in [4.78, 5) is 10.6. The van der Waals surface area contributed by atoms with Crippen LogP contribution in [-0.4, -0.2) is 11.1 Å². The smallest absolute Gasteiger partial charge is 0.307 e. The maximum atomic E-state index is 12.7. The number of nitriles is 1. The quantitative estimate of drug-likeness (QED) is 0.846. The van der Waals surface area contributed by atoms with Crippen molar-refractivity contribution in [2.24, 2.45) is 0 Å². The van der Waals surface area contributed by atoms with Crippen LogP contribution in [0.1, 0.15) is 28.7 Å². The Labute approximate surface area is 101 Å². The largest absolute Gasteiger partial charge is 0.481 e. The van der Waals surface area contributed by atoms with Crippen molar-refractivity contribution in [2.75, 3.05) is 0 Å². The molecular formula is C11H8ClF2NO2. The van der Waals surface area contributed by atoms with Crippen LogP contribution >= 0.6 is 11.6 Å². The second-order valence-corrected chi connectivity index (χ2v) is 3.54. The van der Waals surface area contributed by atoms with Crippen LogP contribution in [0.2, 0.25) is 0 Å². The van der Waals surface area contributed by atoms with E-state index in [1.54, 1.807) is 6.07 Å². The highest BCUT2D eigenvalue weighted by Crippen LogP contribution is 2.29. The molecule has 0 saturated heterocycles. The average Bonchev–Trinajstić information content (AvgIpc) is 2.27. The first kappa shape index (κ1) is 13.4. The predicted octanol–water partition coefficient (Wildman–Crippen LogP) is 2.86. The molecule has 0 unspecified atom stereocenters. The minimum absolute atomic E-state index is 0.0680. The number of aliphatic carboxylic acids is 1. The van der Waals surface area contributed by atoms with E-state index in [-0.39, 0.29) is 28.1 Å². The third-order valence-corrected chi connectivity index (χ3v) is 2.55. The van der Waals surface area contributed by atoms with Gasteiger partial charge in [-0.2, -0.15) is 5.26 Å². The zero-order valence-corrected chi connectivity index (χ0v) is 9.34. The highest BCUT2D eigenvalue weighted by Gasteiger charge is 2.20.